The number of likely N-dealkylation sites (N-methyl/N-ethyl adjacent to an activating group) is 1. The Morgan fingerprint density at radius 3 is 2.19 bits per heavy atom. The summed E-state index contributed by atoms with van der Waals surface area (Å²) < 4.78 is 0. The quantitative estimate of drug-likeness (QED) is 0.795. The van der Waals surface area contributed by atoms with Gasteiger partial charge in [0.25, 0.3) is 0 Å². The maximum atomic E-state index is 6.53. The minimum Gasteiger partial charge on any atom is -0.326 e. The minimum absolute atomic E-state index is 0.301. The zero-order valence-corrected chi connectivity index (χ0v) is 11.2. The van der Waals surface area contributed by atoms with Gasteiger partial charge in [-0.2, -0.15) is 0 Å². The topological polar surface area (TPSA) is 29.3 Å². The number of hydrogen-bond donors (Lipinski definition) is 1. The van der Waals surface area contributed by atoms with Gasteiger partial charge >= 0.3 is 0 Å². The molecule has 1 unspecified atom stereocenters. The average molecular weight is 224 g/mol. The van der Waals surface area contributed by atoms with E-state index in [-0.39, 0.29) is 0 Å². The van der Waals surface area contributed by atoms with Crippen LogP contribution in [0.15, 0.2) is 0 Å². The van der Waals surface area contributed by atoms with Gasteiger partial charge < -0.3 is 10.6 Å². The van der Waals surface area contributed by atoms with Gasteiger partial charge in [0.1, 0.15) is 0 Å². The molecule has 0 heterocycles. The Bertz CT molecular complexity index is 225. The molecule has 1 atom stereocenters. The lowest BCUT2D eigenvalue weighted by molar-refractivity contribution is 0.0522. The van der Waals surface area contributed by atoms with Crippen LogP contribution in [0.3, 0.4) is 0 Å². The maximum Gasteiger partial charge on any atom is 0.0354 e. The lowest BCUT2D eigenvalue weighted by atomic mass is 9.71. The molecular weight excluding hydrogens is 196 g/mol. The summed E-state index contributed by atoms with van der Waals surface area (Å²) in [6.07, 6.45) is 9.42. The normalized spacial score (nSPS) is 37.7. The van der Waals surface area contributed by atoms with E-state index in [0.29, 0.717) is 11.6 Å². The first-order valence-electron chi connectivity index (χ1n) is 6.97. The van der Waals surface area contributed by atoms with Crippen LogP contribution in [0.1, 0.15) is 51.9 Å². The fraction of sp³-hybridized carbons (Fsp3) is 1.00. The second-order valence-electron chi connectivity index (χ2n) is 6.47. The van der Waals surface area contributed by atoms with E-state index in [2.05, 4.69) is 25.9 Å². The summed E-state index contributed by atoms with van der Waals surface area (Å²) in [5.74, 6) is 1.85. The molecule has 16 heavy (non-hydrogen) atoms. The molecule has 2 fully saturated rings. The molecular formula is C14H28N2. The van der Waals surface area contributed by atoms with E-state index in [4.69, 9.17) is 5.73 Å². The molecule has 0 saturated heterocycles. The highest BCUT2D eigenvalue weighted by Crippen LogP contribution is 2.42. The molecule has 0 aliphatic heterocycles. The molecule has 0 aromatic carbocycles. The molecule has 0 aromatic heterocycles. The molecule has 2 aliphatic rings. The summed E-state index contributed by atoms with van der Waals surface area (Å²) in [5.41, 5.74) is 6.83. The second-order valence-corrected chi connectivity index (χ2v) is 6.47. The third kappa shape index (κ3) is 2.43. The molecule has 0 spiro atoms. The van der Waals surface area contributed by atoms with Crippen molar-refractivity contribution in [2.75, 3.05) is 14.1 Å². The molecule has 2 N–H and O–H groups in total. The SMILES string of the molecule is CC1CCC(C(N)CC2CC2)(N(C)C)CC1. The Hall–Kier alpha value is -0.0800. The molecule has 2 saturated carbocycles. The van der Waals surface area contributed by atoms with Crippen LogP contribution in [0.2, 0.25) is 0 Å². The maximum absolute atomic E-state index is 6.53. The van der Waals surface area contributed by atoms with Crippen molar-refractivity contribution < 1.29 is 0 Å². The van der Waals surface area contributed by atoms with Gasteiger partial charge in [0, 0.05) is 11.6 Å². The summed E-state index contributed by atoms with van der Waals surface area (Å²) in [4.78, 5) is 2.42. The van der Waals surface area contributed by atoms with Crippen molar-refractivity contribution in [1.29, 1.82) is 0 Å². The molecule has 2 rings (SSSR count). The lowest BCUT2D eigenvalue weighted by Crippen LogP contribution is -2.59. The molecule has 94 valence electrons. The largest absolute Gasteiger partial charge is 0.326 e. The monoisotopic (exact) mass is 224 g/mol. The molecule has 2 heteroatoms. The summed E-state index contributed by atoms with van der Waals surface area (Å²) in [6, 6.07) is 0.391. The summed E-state index contributed by atoms with van der Waals surface area (Å²) in [6.45, 7) is 2.38. The Morgan fingerprint density at radius 2 is 1.75 bits per heavy atom. The van der Waals surface area contributed by atoms with Crippen molar-refractivity contribution in [2.45, 2.75) is 63.5 Å². The minimum atomic E-state index is 0.301. The molecule has 0 amide bonds. The van der Waals surface area contributed by atoms with Crippen LogP contribution in [0.25, 0.3) is 0 Å². The number of rotatable bonds is 4. The Labute approximate surface area is 101 Å². The zero-order chi connectivity index (χ0) is 11.8. The molecule has 0 bridgehead atoms. The van der Waals surface area contributed by atoms with Gasteiger partial charge in [0.05, 0.1) is 0 Å². The van der Waals surface area contributed by atoms with E-state index in [1.807, 2.05) is 0 Å². The Morgan fingerprint density at radius 1 is 1.19 bits per heavy atom. The van der Waals surface area contributed by atoms with Crippen LogP contribution < -0.4 is 5.73 Å². The molecule has 0 radical (unpaired) electrons. The van der Waals surface area contributed by atoms with Gasteiger partial charge in [0.15, 0.2) is 0 Å². The highest BCUT2D eigenvalue weighted by Gasteiger charge is 2.42. The van der Waals surface area contributed by atoms with Gasteiger partial charge in [-0.3, -0.25) is 0 Å². The van der Waals surface area contributed by atoms with E-state index in [1.54, 1.807) is 0 Å². The highest BCUT2D eigenvalue weighted by atomic mass is 15.2. The highest BCUT2D eigenvalue weighted by molar-refractivity contribution is 5.01. The van der Waals surface area contributed by atoms with Crippen LogP contribution in [0, 0.1) is 11.8 Å². The smallest absolute Gasteiger partial charge is 0.0354 e. The second kappa shape index (κ2) is 4.66. The third-order valence-corrected chi connectivity index (χ3v) is 5.01. The van der Waals surface area contributed by atoms with Crippen molar-refractivity contribution in [2.24, 2.45) is 17.6 Å². The van der Waals surface area contributed by atoms with E-state index in [0.717, 1.165) is 11.8 Å². The summed E-state index contributed by atoms with van der Waals surface area (Å²) >= 11 is 0. The number of nitrogens with zero attached hydrogens (tertiary/aromatic N) is 1. The Kier molecular flexibility index (Phi) is 3.60. The predicted octanol–water partition coefficient (Wildman–Crippen LogP) is 2.62. The number of nitrogens with two attached hydrogens (primary N) is 1. The average Bonchev–Trinajstić information content (AvgIpc) is 3.02. The van der Waals surface area contributed by atoms with Crippen LogP contribution in [-0.2, 0) is 0 Å². The van der Waals surface area contributed by atoms with Crippen LogP contribution >= 0.6 is 0 Å². The lowest BCUT2D eigenvalue weighted by Gasteiger charge is -2.48. The van der Waals surface area contributed by atoms with Crippen LogP contribution in [-0.4, -0.2) is 30.6 Å². The molecule has 2 nitrogen and oxygen atoms in total. The third-order valence-electron chi connectivity index (χ3n) is 5.01. The van der Waals surface area contributed by atoms with Crippen molar-refractivity contribution >= 4 is 0 Å². The number of hydrogen-bond acceptors (Lipinski definition) is 2. The van der Waals surface area contributed by atoms with Gasteiger partial charge in [-0.15, -0.1) is 0 Å². The summed E-state index contributed by atoms with van der Waals surface area (Å²) in [7, 11) is 4.45. The fourth-order valence-corrected chi connectivity index (χ4v) is 3.34. The Balaban J connectivity index is 2.01. The van der Waals surface area contributed by atoms with E-state index < -0.39 is 0 Å². The van der Waals surface area contributed by atoms with Crippen LogP contribution in [0.4, 0.5) is 0 Å². The predicted molar refractivity (Wildman–Crippen MR) is 69.4 cm³/mol. The van der Waals surface area contributed by atoms with Crippen molar-refractivity contribution in [3.05, 3.63) is 0 Å². The van der Waals surface area contributed by atoms with Crippen molar-refractivity contribution in [3.8, 4) is 0 Å². The van der Waals surface area contributed by atoms with Gasteiger partial charge in [0.2, 0.25) is 0 Å². The first-order valence-corrected chi connectivity index (χ1v) is 6.97. The first kappa shape index (κ1) is 12.4. The van der Waals surface area contributed by atoms with Gasteiger partial charge in [-0.25, -0.2) is 0 Å². The van der Waals surface area contributed by atoms with Crippen molar-refractivity contribution in [1.82, 2.24) is 4.90 Å². The van der Waals surface area contributed by atoms with E-state index >= 15 is 0 Å². The van der Waals surface area contributed by atoms with Gasteiger partial charge in [-0.05, 0) is 58.0 Å². The first-order chi connectivity index (χ1) is 7.54. The molecule has 2 aliphatic carbocycles. The standard InChI is InChI=1S/C14H28N2/c1-11-6-8-14(9-7-11,16(2)3)13(15)10-12-4-5-12/h11-13H,4-10,15H2,1-3H3. The van der Waals surface area contributed by atoms with Crippen molar-refractivity contribution in [3.63, 3.8) is 0 Å². The fourth-order valence-electron chi connectivity index (χ4n) is 3.34. The zero-order valence-electron chi connectivity index (χ0n) is 11.2. The molecule has 0 aromatic rings. The van der Waals surface area contributed by atoms with Crippen LogP contribution in [0.5, 0.6) is 0 Å². The van der Waals surface area contributed by atoms with E-state index in [1.165, 1.54) is 44.9 Å². The van der Waals surface area contributed by atoms with Gasteiger partial charge in [-0.1, -0.05) is 19.8 Å². The summed E-state index contributed by atoms with van der Waals surface area (Å²) in [5, 5.41) is 0. The van der Waals surface area contributed by atoms with E-state index in [9.17, 15) is 0 Å².